The number of rotatable bonds is 4. The molecule has 0 saturated heterocycles. The summed E-state index contributed by atoms with van der Waals surface area (Å²) in [5.74, 6) is 2.32. The molecular weight excluding hydrogens is 270 g/mol. The first kappa shape index (κ1) is 13.9. The van der Waals surface area contributed by atoms with E-state index in [2.05, 4.69) is 37.2 Å². The second-order valence-corrected chi connectivity index (χ2v) is 7.30. The van der Waals surface area contributed by atoms with Crippen molar-refractivity contribution in [2.45, 2.75) is 40.7 Å². The van der Waals surface area contributed by atoms with Crippen molar-refractivity contribution in [3.63, 3.8) is 0 Å². The molecule has 2 aromatic rings. The molecule has 20 heavy (non-hydrogen) atoms. The topological polar surface area (TPSA) is 30.7 Å². The Morgan fingerprint density at radius 3 is 2.55 bits per heavy atom. The van der Waals surface area contributed by atoms with Crippen LogP contribution in [0.5, 0.6) is 0 Å². The van der Waals surface area contributed by atoms with E-state index in [-0.39, 0.29) is 0 Å². The van der Waals surface area contributed by atoms with Crippen LogP contribution < -0.4 is 0 Å². The molecule has 3 nitrogen and oxygen atoms in total. The summed E-state index contributed by atoms with van der Waals surface area (Å²) in [4.78, 5) is 9.21. The quantitative estimate of drug-likeness (QED) is 0.800. The minimum Gasteiger partial charge on any atom is -0.312 e. The van der Waals surface area contributed by atoms with E-state index in [0.717, 1.165) is 30.0 Å². The number of imidazole rings is 1. The number of aromatic nitrogens is 3. The normalized spacial score (nSPS) is 20.4. The van der Waals surface area contributed by atoms with Gasteiger partial charge in [0.05, 0.1) is 0 Å². The van der Waals surface area contributed by atoms with Crippen LogP contribution in [0, 0.1) is 16.7 Å². The summed E-state index contributed by atoms with van der Waals surface area (Å²) < 4.78 is 2.28. The van der Waals surface area contributed by atoms with Crippen molar-refractivity contribution in [3.05, 3.63) is 24.2 Å². The van der Waals surface area contributed by atoms with Crippen LogP contribution >= 0.6 is 11.6 Å². The van der Waals surface area contributed by atoms with Gasteiger partial charge < -0.3 is 4.57 Å². The van der Waals surface area contributed by atoms with Crippen LogP contribution in [-0.2, 0) is 13.0 Å². The number of hydrogen-bond acceptors (Lipinski definition) is 2. The van der Waals surface area contributed by atoms with Crippen LogP contribution in [0.1, 0.15) is 33.5 Å². The van der Waals surface area contributed by atoms with Gasteiger partial charge in [0.25, 0.3) is 0 Å². The number of fused-ring (bicyclic) bond motifs is 1. The standard InChI is InChI=1S/C16H22ClN3/c1-15(2)12(16(15,3)4)10-20-13(7-8-17)19-11-6-5-9-18-14(11)20/h5-6,9,12H,7-8,10H2,1-4H3. The number of halogens is 1. The van der Waals surface area contributed by atoms with Gasteiger partial charge in [-0.05, 0) is 28.9 Å². The highest BCUT2D eigenvalue weighted by Crippen LogP contribution is 2.68. The van der Waals surface area contributed by atoms with Crippen molar-refractivity contribution >= 4 is 22.8 Å². The monoisotopic (exact) mass is 291 g/mol. The molecule has 0 spiro atoms. The Morgan fingerprint density at radius 1 is 1.25 bits per heavy atom. The van der Waals surface area contributed by atoms with Gasteiger partial charge in [-0.3, -0.25) is 0 Å². The van der Waals surface area contributed by atoms with Gasteiger partial charge in [0, 0.05) is 25.0 Å². The van der Waals surface area contributed by atoms with Gasteiger partial charge in [-0.15, -0.1) is 11.6 Å². The smallest absolute Gasteiger partial charge is 0.159 e. The summed E-state index contributed by atoms with van der Waals surface area (Å²) in [7, 11) is 0. The number of aryl methyl sites for hydroxylation is 1. The van der Waals surface area contributed by atoms with Gasteiger partial charge in [0.2, 0.25) is 0 Å². The maximum Gasteiger partial charge on any atom is 0.159 e. The molecule has 1 aliphatic rings. The van der Waals surface area contributed by atoms with Gasteiger partial charge >= 0.3 is 0 Å². The molecule has 0 aliphatic heterocycles. The first-order chi connectivity index (χ1) is 9.39. The minimum absolute atomic E-state index is 0.372. The number of hydrogen-bond donors (Lipinski definition) is 0. The van der Waals surface area contributed by atoms with Crippen molar-refractivity contribution < 1.29 is 0 Å². The Hall–Kier alpha value is -1.09. The van der Waals surface area contributed by atoms with E-state index in [4.69, 9.17) is 16.6 Å². The van der Waals surface area contributed by atoms with E-state index in [1.165, 1.54) is 0 Å². The van der Waals surface area contributed by atoms with E-state index < -0.39 is 0 Å². The summed E-state index contributed by atoms with van der Waals surface area (Å²) in [6.07, 6.45) is 2.64. The highest BCUT2D eigenvalue weighted by Gasteiger charge is 2.64. The van der Waals surface area contributed by atoms with Crippen molar-refractivity contribution in [2.75, 3.05) is 5.88 Å². The van der Waals surface area contributed by atoms with Gasteiger partial charge in [0.1, 0.15) is 11.3 Å². The van der Waals surface area contributed by atoms with E-state index in [0.29, 0.717) is 22.6 Å². The fourth-order valence-corrected chi connectivity index (χ4v) is 3.61. The molecule has 0 aromatic carbocycles. The molecular formula is C16H22ClN3. The molecule has 2 aromatic heterocycles. The SMILES string of the molecule is CC1(C)C(Cn2c(CCCl)nc3cccnc32)C1(C)C. The molecule has 0 radical (unpaired) electrons. The first-order valence-corrected chi connectivity index (χ1v) is 7.79. The molecule has 0 unspecified atom stereocenters. The number of pyridine rings is 1. The largest absolute Gasteiger partial charge is 0.312 e. The summed E-state index contributed by atoms with van der Waals surface area (Å²) >= 11 is 5.93. The molecule has 108 valence electrons. The third-order valence-corrected chi connectivity index (χ3v) is 5.77. The highest BCUT2D eigenvalue weighted by molar-refractivity contribution is 6.17. The summed E-state index contributed by atoms with van der Waals surface area (Å²) in [5.41, 5.74) is 2.71. The van der Waals surface area contributed by atoms with E-state index in [9.17, 15) is 0 Å². The lowest BCUT2D eigenvalue weighted by molar-refractivity contribution is 0.457. The van der Waals surface area contributed by atoms with Crippen molar-refractivity contribution in [2.24, 2.45) is 16.7 Å². The Bertz CT molecular complexity index is 628. The Labute approximate surface area is 125 Å². The maximum absolute atomic E-state index is 5.93. The van der Waals surface area contributed by atoms with Crippen LogP contribution in [0.25, 0.3) is 11.2 Å². The minimum atomic E-state index is 0.372. The maximum atomic E-state index is 5.93. The Balaban J connectivity index is 2.00. The second kappa shape index (κ2) is 4.45. The zero-order valence-electron chi connectivity index (χ0n) is 12.7. The van der Waals surface area contributed by atoms with E-state index in [1.54, 1.807) is 0 Å². The van der Waals surface area contributed by atoms with Gasteiger partial charge in [-0.1, -0.05) is 27.7 Å². The van der Waals surface area contributed by atoms with E-state index in [1.807, 2.05) is 18.3 Å². The predicted molar refractivity (Wildman–Crippen MR) is 83.0 cm³/mol. The average molecular weight is 292 g/mol. The van der Waals surface area contributed by atoms with E-state index >= 15 is 0 Å². The number of nitrogens with zero attached hydrogens (tertiary/aromatic N) is 3. The summed E-state index contributed by atoms with van der Waals surface area (Å²) in [6.45, 7) is 10.4. The van der Waals surface area contributed by atoms with Crippen LogP contribution in [0.3, 0.4) is 0 Å². The zero-order chi connectivity index (χ0) is 14.5. The Morgan fingerprint density at radius 2 is 1.95 bits per heavy atom. The third kappa shape index (κ3) is 1.86. The summed E-state index contributed by atoms with van der Waals surface area (Å²) in [6, 6.07) is 3.97. The Kier molecular flexibility index (Phi) is 3.09. The molecule has 1 saturated carbocycles. The first-order valence-electron chi connectivity index (χ1n) is 7.25. The number of alkyl halides is 1. The molecule has 0 N–H and O–H groups in total. The van der Waals surface area contributed by atoms with Gasteiger partial charge in [0.15, 0.2) is 5.65 Å². The molecule has 1 fully saturated rings. The molecule has 0 bridgehead atoms. The summed E-state index contributed by atoms with van der Waals surface area (Å²) in [5, 5.41) is 0. The lowest BCUT2D eigenvalue weighted by atomic mass is 10.0. The van der Waals surface area contributed by atoms with Crippen LogP contribution in [0.15, 0.2) is 18.3 Å². The fraction of sp³-hybridized carbons (Fsp3) is 0.625. The van der Waals surface area contributed by atoms with Crippen molar-refractivity contribution in [1.29, 1.82) is 0 Å². The molecule has 3 rings (SSSR count). The fourth-order valence-electron chi connectivity index (χ4n) is 3.44. The molecule has 0 atom stereocenters. The average Bonchev–Trinajstić information content (AvgIpc) is 2.70. The van der Waals surface area contributed by atoms with Gasteiger partial charge in [-0.25, -0.2) is 9.97 Å². The van der Waals surface area contributed by atoms with Crippen molar-refractivity contribution in [1.82, 2.24) is 14.5 Å². The second-order valence-electron chi connectivity index (χ2n) is 6.92. The highest BCUT2D eigenvalue weighted by atomic mass is 35.5. The molecule has 2 heterocycles. The molecule has 1 aliphatic carbocycles. The molecule has 4 heteroatoms. The lowest BCUT2D eigenvalue weighted by Gasteiger charge is -2.09. The molecule has 0 amide bonds. The lowest BCUT2D eigenvalue weighted by Crippen LogP contribution is -2.09. The zero-order valence-corrected chi connectivity index (χ0v) is 13.4. The predicted octanol–water partition coefficient (Wildman–Crippen LogP) is 3.89. The van der Waals surface area contributed by atoms with Crippen LogP contribution in [0.2, 0.25) is 0 Å². The third-order valence-electron chi connectivity index (χ3n) is 5.59. The van der Waals surface area contributed by atoms with Crippen molar-refractivity contribution in [3.8, 4) is 0 Å². The van der Waals surface area contributed by atoms with Crippen LogP contribution in [0.4, 0.5) is 0 Å². The van der Waals surface area contributed by atoms with Crippen LogP contribution in [-0.4, -0.2) is 20.4 Å². The van der Waals surface area contributed by atoms with Gasteiger partial charge in [-0.2, -0.15) is 0 Å².